The number of nitrogens with two attached hydrogens (primary N) is 1. The number of aromatic nitrogens is 2. The molecular weight excluding hydrogens is 266 g/mol. The molecule has 104 valence electrons. The van der Waals surface area contributed by atoms with Crippen molar-refractivity contribution in [2.45, 2.75) is 26.7 Å². The molecule has 19 heavy (non-hydrogen) atoms. The van der Waals surface area contributed by atoms with Gasteiger partial charge in [0.1, 0.15) is 11.6 Å². The third-order valence-corrected chi connectivity index (χ3v) is 3.41. The minimum atomic E-state index is -3.54. The van der Waals surface area contributed by atoms with Crippen LogP contribution in [0.1, 0.15) is 30.7 Å². The molecule has 1 aromatic heterocycles. The summed E-state index contributed by atoms with van der Waals surface area (Å²) in [7, 11) is -3.54. The number of hydrogen-bond donors (Lipinski definition) is 2. The summed E-state index contributed by atoms with van der Waals surface area (Å²) < 4.78 is 21.7. The highest BCUT2D eigenvalue weighted by Gasteiger charge is 2.14. The molecule has 0 spiro atoms. The molecule has 1 rings (SSSR count). The number of aryl methyl sites for hydroxylation is 1. The summed E-state index contributed by atoms with van der Waals surface area (Å²) in [6.45, 7) is 3.97. The van der Waals surface area contributed by atoms with Crippen molar-refractivity contribution in [1.82, 2.24) is 10.2 Å². The first kappa shape index (κ1) is 15.3. The van der Waals surface area contributed by atoms with E-state index in [1.807, 2.05) is 13.8 Å². The molecule has 0 radical (unpaired) electrons. The van der Waals surface area contributed by atoms with E-state index in [1.54, 1.807) is 0 Å². The Bertz CT molecular complexity index is 592. The first-order valence-electron chi connectivity index (χ1n) is 5.95. The Hall–Kier alpha value is -1.72. The van der Waals surface area contributed by atoms with Crippen LogP contribution in [0.2, 0.25) is 0 Å². The molecule has 7 nitrogen and oxygen atoms in total. The predicted octanol–water partition coefficient (Wildman–Crippen LogP) is 0.173. The second-order valence-electron chi connectivity index (χ2n) is 3.96. The predicted molar refractivity (Wildman–Crippen MR) is 72.0 cm³/mol. The van der Waals surface area contributed by atoms with Gasteiger partial charge in [-0.1, -0.05) is 13.8 Å². The first-order chi connectivity index (χ1) is 8.92. The number of hydrogen-bond acceptors (Lipinski definition) is 6. The van der Waals surface area contributed by atoms with Crippen molar-refractivity contribution in [3.8, 4) is 6.07 Å². The maximum Gasteiger partial charge on any atom is 0.210 e. The van der Waals surface area contributed by atoms with Gasteiger partial charge in [0, 0.05) is 6.54 Å². The molecule has 0 amide bonds. The van der Waals surface area contributed by atoms with Crippen LogP contribution in [0.3, 0.4) is 0 Å². The molecule has 0 aliphatic heterocycles. The van der Waals surface area contributed by atoms with Crippen molar-refractivity contribution < 1.29 is 8.42 Å². The molecule has 0 aliphatic rings. The lowest BCUT2D eigenvalue weighted by molar-refractivity contribution is 0.598. The van der Waals surface area contributed by atoms with E-state index in [2.05, 4.69) is 21.6 Å². The Morgan fingerprint density at radius 3 is 2.47 bits per heavy atom. The van der Waals surface area contributed by atoms with Crippen LogP contribution < -0.4 is 10.5 Å². The SMILES string of the molecule is CCc1nnc(NCCS(N)(=O)=O)c(C#N)c1CC. The normalized spacial score (nSPS) is 11.1. The quantitative estimate of drug-likeness (QED) is 0.767. The number of nitrogens with one attached hydrogen (secondary N) is 1. The zero-order chi connectivity index (χ0) is 14.5. The largest absolute Gasteiger partial charge is 0.366 e. The molecule has 1 aromatic rings. The summed E-state index contributed by atoms with van der Waals surface area (Å²) in [5.41, 5.74) is 2.05. The molecule has 0 aromatic carbocycles. The van der Waals surface area contributed by atoms with Crippen molar-refractivity contribution in [3.63, 3.8) is 0 Å². The highest BCUT2D eigenvalue weighted by molar-refractivity contribution is 7.89. The molecule has 0 atom stereocenters. The van der Waals surface area contributed by atoms with Crippen LogP contribution >= 0.6 is 0 Å². The van der Waals surface area contributed by atoms with Gasteiger partial charge in [0.15, 0.2) is 5.82 Å². The lowest BCUT2D eigenvalue weighted by Crippen LogP contribution is -2.23. The van der Waals surface area contributed by atoms with Gasteiger partial charge in [-0.3, -0.25) is 0 Å². The van der Waals surface area contributed by atoms with Crippen molar-refractivity contribution in [3.05, 3.63) is 16.8 Å². The third-order valence-electron chi connectivity index (χ3n) is 2.64. The number of rotatable bonds is 6. The van der Waals surface area contributed by atoms with Crippen LogP contribution in [0.15, 0.2) is 0 Å². The number of anilines is 1. The number of sulfonamides is 1. The minimum absolute atomic E-state index is 0.0941. The van der Waals surface area contributed by atoms with Gasteiger partial charge in [0.2, 0.25) is 10.0 Å². The highest BCUT2D eigenvalue weighted by atomic mass is 32.2. The molecule has 0 fully saturated rings. The topological polar surface area (TPSA) is 122 Å². The molecule has 0 aliphatic carbocycles. The summed E-state index contributed by atoms with van der Waals surface area (Å²) in [4.78, 5) is 0. The number of primary sulfonamides is 1. The maximum absolute atomic E-state index is 10.8. The van der Waals surface area contributed by atoms with E-state index in [9.17, 15) is 13.7 Å². The fraction of sp³-hybridized carbons (Fsp3) is 0.545. The standard InChI is InChI=1S/C11H17N5O2S/c1-3-8-9(7-12)11(16-15-10(8)4-2)14-5-6-19(13,17)18/h3-6H2,1-2H3,(H,14,16)(H2,13,17,18). The minimum Gasteiger partial charge on any atom is -0.366 e. The average Bonchev–Trinajstić information content (AvgIpc) is 2.36. The molecule has 3 N–H and O–H groups in total. The Balaban J connectivity index is 2.99. The Labute approximate surface area is 112 Å². The van der Waals surface area contributed by atoms with E-state index in [-0.39, 0.29) is 12.3 Å². The maximum atomic E-state index is 10.8. The van der Waals surface area contributed by atoms with E-state index >= 15 is 0 Å². The lowest BCUT2D eigenvalue weighted by atomic mass is 10.0. The Kier molecular flexibility index (Phi) is 5.20. The molecule has 0 saturated carbocycles. The molecule has 1 heterocycles. The van der Waals surface area contributed by atoms with Gasteiger partial charge in [0.05, 0.1) is 11.4 Å². The summed E-state index contributed by atoms with van der Waals surface area (Å²) in [5, 5.41) is 24.9. The summed E-state index contributed by atoms with van der Waals surface area (Å²) in [6.07, 6.45) is 1.37. The van der Waals surface area contributed by atoms with Gasteiger partial charge in [-0.05, 0) is 18.4 Å². The monoisotopic (exact) mass is 283 g/mol. The van der Waals surface area contributed by atoms with E-state index < -0.39 is 10.0 Å². The summed E-state index contributed by atoms with van der Waals surface area (Å²) in [6, 6.07) is 2.09. The van der Waals surface area contributed by atoms with Gasteiger partial charge in [-0.25, -0.2) is 13.6 Å². The van der Waals surface area contributed by atoms with Gasteiger partial charge >= 0.3 is 0 Å². The molecule has 0 saturated heterocycles. The highest BCUT2D eigenvalue weighted by Crippen LogP contribution is 2.19. The summed E-state index contributed by atoms with van der Waals surface area (Å²) >= 11 is 0. The van der Waals surface area contributed by atoms with Crippen LogP contribution in [0.5, 0.6) is 0 Å². The van der Waals surface area contributed by atoms with E-state index in [0.29, 0.717) is 24.2 Å². The van der Waals surface area contributed by atoms with Crippen LogP contribution in [0.25, 0.3) is 0 Å². The van der Waals surface area contributed by atoms with Crippen LogP contribution in [-0.2, 0) is 22.9 Å². The van der Waals surface area contributed by atoms with Gasteiger partial charge in [0.25, 0.3) is 0 Å². The lowest BCUT2D eigenvalue weighted by Gasteiger charge is -2.11. The second-order valence-corrected chi connectivity index (χ2v) is 5.70. The molecule has 0 bridgehead atoms. The fourth-order valence-corrected chi connectivity index (χ4v) is 2.12. The Morgan fingerprint density at radius 2 is 2.00 bits per heavy atom. The third kappa shape index (κ3) is 4.15. The van der Waals surface area contributed by atoms with E-state index in [1.165, 1.54) is 0 Å². The van der Waals surface area contributed by atoms with Crippen molar-refractivity contribution >= 4 is 15.8 Å². The zero-order valence-corrected chi connectivity index (χ0v) is 11.8. The second kappa shape index (κ2) is 6.45. The number of nitrogens with zero attached hydrogens (tertiary/aromatic N) is 3. The smallest absolute Gasteiger partial charge is 0.210 e. The summed E-state index contributed by atoms with van der Waals surface area (Å²) in [5.74, 6) is 0.0801. The van der Waals surface area contributed by atoms with Crippen LogP contribution in [0, 0.1) is 11.3 Å². The van der Waals surface area contributed by atoms with Crippen LogP contribution in [0.4, 0.5) is 5.82 Å². The Morgan fingerprint density at radius 1 is 1.32 bits per heavy atom. The molecule has 8 heteroatoms. The molecule has 0 unspecified atom stereocenters. The van der Waals surface area contributed by atoms with Crippen molar-refractivity contribution in [2.24, 2.45) is 5.14 Å². The zero-order valence-electron chi connectivity index (χ0n) is 11.0. The molecular formula is C11H17N5O2S. The van der Waals surface area contributed by atoms with Crippen molar-refractivity contribution in [1.29, 1.82) is 5.26 Å². The van der Waals surface area contributed by atoms with Gasteiger partial charge in [-0.2, -0.15) is 10.4 Å². The first-order valence-corrected chi connectivity index (χ1v) is 7.67. The van der Waals surface area contributed by atoms with Gasteiger partial charge < -0.3 is 5.32 Å². The number of nitriles is 1. The van der Waals surface area contributed by atoms with E-state index in [0.717, 1.165) is 11.3 Å². The fourth-order valence-electron chi connectivity index (χ4n) is 1.73. The average molecular weight is 283 g/mol. The van der Waals surface area contributed by atoms with Crippen molar-refractivity contribution in [2.75, 3.05) is 17.6 Å². The van der Waals surface area contributed by atoms with Gasteiger partial charge in [-0.15, -0.1) is 5.10 Å². The van der Waals surface area contributed by atoms with Crippen LogP contribution in [-0.4, -0.2) is 30.9 Å². The van der Waals surface area contributed by atoms with E-state index in [4.69, 9.17) is 5.14 Å².